The Morgan fingerprint density at radius 1 is 1.16 bits per heavy atom. The molecule has 1 heterocycles. The van der Waals surface area contributed by atoms with Gasteiger partial charge in [-0.25, -0.2) is 9.69 Å². The maximum absolute atomic E-state index is 11.6. The molecule has 3 rings (SSSR count). The molecular weight excluding hydrogens is 242 g/mol. The van der Waals surface area contributed by atoms with Crippen molar-refractivity contribution in [3.05, 3.63) is 59.7 Å². The second kappa shape index (κ2) is 4.31. The van der Waals surface area contributed by atoms with Crippen LogP contribution < -0.4 is 4.90 Å². The summed E-state index contributed by atoms with van der Waals surface area (Å²) in [5, 5.41) is 9.48. The van der Waals surface area contributed by atoms with E-state index in [1.165, 1.54) is 0 Å². The van der Waals surface area contributed by atoms with Gasteiger partial charge in [0.05, 0.1) is 5.69 Å². The molecule has 1 aliphatic heterocycles. The SMILES string of the molecule is Cc1ccc(N2C(=O)OC2c2cccc(O)c2)cc1. The second-order valence-corrected chi connectivity index (χ2v) is 4.54. The third kappa shape index (κ3) is 2.01. The zero-order chi connectivity index (χ0) is 13.4. The fourth-order valence-corrected chi connectivity index (χ4v) is 2.09. The molecule has 19 heavy (non-hydrogen) atoms. The van der Waals surface area contributed by atoms with E-state index in [9.17, 15) is 9.90 Å². The number of rotatable bonds is 2. The number of hydrogen-bond acceptors (Lipinski definition) is 3. The van der Waals surface area contributed by atoms with Gasteiger partial charge in [-0.15, -0.1) is 0 Å². The van der Waals surface area contributed by atoms with E-state index in [0.717, 1.165) is 16.8 Å². The Hall–Kier alpha value is -2.49. The Morgan fingerprint density at radius 2 is 1.89 bits per heavy atom. The van der Waals surface area contributed by atoms with Crippen LogP contribution in [0.5, 0.6) is 5.75 Å². The molecule has 0 spiro atoms. The number of phenolic OH excluding ortho intramolecular Hbond substituents is 1. The maximum atomic E-state index is 11.6. The molecule has 0 saturated carbocycles. The van der Waals surface area contributed by atoms with E-state index in [0.29, 0.717) is 0 Å². The van der Waals surface area contributed by atoms with Gasteiger partial charge in [0.2, 0.25) is 6.23 Å². The number of aryl methyl sites for hydroxylation is 1. The summed E-state index contributed by atoms with van der Waals surface area (Å²) >= 11 is 0. The molecule has 4 nitrogen and oxygen atoms in total. The van der Waals surface area contributed by atoms with Gasteiger partial charge >= 0.3 is 6.09 Å². The highest BCUT2D eigenvalue weighted by Gasteiger charge is 2.40. The van der Waals surface area contributed by atoms with E-state index in [1.807, 2.05) is 37.3 Å². The van der Waals surface area contributed by atoms with Crippen molar-refractivity contribution in [2.24, 2.45) is 0 Å². The van der Waals surface area contributed by atoms with Crippen molar-refractivity contribution >= 4 is 11.8 Å². The van der Waals surface area contributed by atoms with E-state index in [4.69, 9.17) is 4.74 Å². The van der Waals surface area contributed by atoms with Crippen molar-refractivity contribution in [3.8, 4) is 5.75 Å². The minimum absolute atomic E-state index is 0.157. The summed E-state index contributed by atoms with van der Waals surface area (Å²) in [4.78, 5) is 13.2. The third-order valence-electron chi connectivity index (χ3n) is 3.11. The van der Waals surface area contributed by atoms with Gasteiger partial charge in [-0.05, 0) is 31.2 Å². The number of carbonyl (C=O) groups excluding carboxylic acids is 1. The fraction of sp³-hybridized carbons (Fsp3) is 0.133. The first-order valence-electron chi connectivity index (χ1n) is 6.00. The van der Waals surface area contributed by atoms with Gasteiger partial charge in [0.25, 0.3) is 0 Å². The molecule has 4 heteroatoms. The summed E-state index contributed by atoms with van der Waals surface area (Å²) in [5.41, 5.74) is 2.67. The Bertz CT molecular complexity index is 622. The quantitative estimate of drug-likeness (QED) is 0.895. The topological polar surface area (TPSA) is 49.8 Å². The van der Waals surface area contributed by atoms with E-state index in [-0.39, 0.29) is 11.8 Å². The lowest BCUT2D eigenvalue weighted by Gasteiger charge is -2.39. The predicted octanol–water partition coefficient (Wildman–Crippen LogP) is 3.36. The summed E-state index contributed by atoms with van der Waals surface area (Å²) in [5.74, 6) is 0.157. The van der Waals surface area contributed by atoms with Crippen LogP contribution in [0, 0.1) is 6.92 Å². The van der Waals surface area contributed by atoms with Gasteiger partial charge in [-0.3, -0.25) is 0 Å². The van der Waals surface area contributed by atoms with Crippen molar-refractivity contribution < 1.29 is 14.6 Å². The smallest absolute Gasteiger partial charge is 0.419 e. The number of cyclic esters (lactones) is 1. The number of phenols is 1. The highest BCUT2D eigenvalue weighted by Crippen LogP contribution is 2.37. The second-order valence-electron chi connectivity index (χ2n) is 4.54. The largest absolute Gasteiger partial charge is 0.508 e. The lowest BCUT2D eigenvalue weighted by Crippen LogP contribution is -2.48. The van der Waals surface area contributed by atoms with Crippen LogP contribution in [-0.4, -0.2) is 11.2 Å². The van der Waals surface area contributed by atoms with Gasteiger partial charge in [0.15, 0.2) is 0 Å². The molecule has 0 bridgehead atoms. The monoisotopic (exact) mass is 255 g/mol. The molecule has 1 unspecified atom stereocenters. The Labute approximate surface area is 110 Å². The first-order valence-corrected chi connectivity index (χ1v) is 6.00. The summed E-state index contributed by atoms with van der Waals surface area (Å²) < 4.78 is 5.15. The minimum Gasteiger partial charge on any atom is -0.508 e. The molecule has 0 radical (unpaired) electrons. The molecule has 2 aromatic rings. The van der Waals surface area contributed by atoms with Crippen molar-refractivity contribution in [2.45, 2.75) is 13.2 Å². The van der Waals surface area contributed by atoms with Crippen LogP contribution >= 0.6 is 0 Å². The normalized spacial score (nSPS) is 17.8. The molecule has 1 amide bonds. The summed E-state index contributed by atoms with van der Waals surface area (Å²) in [6, 6.07) is 14.4. The van der Waals surface area contributed by atoms with Gasteiger partial charge < -0.3 is 9.84 Å². The zero-order valence-corrected chi connectivity index (χ0v) is 10.4. The van der Waals surface area contributed by atoms with Crippen LogP contribution in [0.1, 0.15) is 17.4 Å². The van der Waals surface area contributed by atoms with Crippen LogP contribution in [0.15, 0.2) is 48.5 Å². The number of anilines is 1. The zero-order valence-electron chi connectivity index (χ0n) is 10.4. The van der Waals surface area contributed by atoms with Gasteiger partial charge in [-0.1, -0.05) is 29.8 Å². The van der Waals surface area contributed by atoms with Crippen LogP contribution in [0.2, 0.25) is 0 Å². The first-order chi connectivity index (χ1) is 9.15. The number of amides is 1. The van der Waals surface area contributed by atoms with Crippen LogP contribution in [-0.2, 0) is 4.74 Å². The molecule has 1 aliphatic rings. The molecule has 96 valence electrons. The molecule has 1 saturated heterocycles. The van der Waals surface area contributed by atoms with Gasteiger partial charge in [-0.2, -0.15) is 0 Å². The Balaban J connectivity index is 1.92. The lowest BCUT2D eigenvalue weighted by atomic mass is 10.1. The number of carbonyl (C=O) groups is 1. The molecular formula is C15H13NO3. The first kappa shape index (κ1) is 11.6. The van der Waals surface area contributed by atoms with Gasteiger partial charge in [0.1, 0.15) is 5.75 Å². The fourth-order valence-electron chi connectivity index (χ4n) is 2.09. The standard InChI is InChI=1S/C15H13NO3/c1-10-5-7-12(8-6-10)16-14(19-15(16)18)11-3-2-4-13(17)9-11/h2-9,14,17H,1H3. The van der Waals surface area contributed by atoms with Crippen LogP contribution in [0.3, 0.4) is 0 Å². The highest BCUT2D eigenvalue weighted by atomic mass is 16.6. The number of hydrogen-bond donors (Lipinski definition) is 1. The van der Waals surface area contributed by atoms with Crippen molar-refractivity contribution in [1.82, 2.24) is 0 Å². The summed E-state index contributed by atoms with van der Waals surface area (Å²) in [6.07, 6.45) is -0.848. The van der Waals surface area contributed by atoms with E-state index >= 15 is 0 Å². The number of ether oxygens (including phenoxy) is 1. The van der Waals surface area contributed by atoms with E-state index < -0.39 is 6.23 Å². The predicted molar refractivity (Wildman–Crippen MR) is 71.0 cm³/mol. The molecule has 1 atom stereocenters. The highest BCUT2D eigenvalue weighted by molar-refractivity contribution is 5.93. The van der Waals surface area contributed by atoms with Gasteiger partial charge in [0, 0.05) is 5.56 Å². The molecule has 1 N–H and O–H groups in total. The van der Waals surface area contributed by atoms with E-state index in [2.05, 4.69) is 0 Å². The number of aromatic hydroxyl groups is 1. The minimum atomic E-state index is -0.470. The van der Waals surface area contributed by atoms with Crippen LogP contribution in [0.25, 0.3) is 0 Å². The number of nitrogens with zero attached hydrogens (tertiary/aromatic N) is 1. The van der Waals surface area contributed by atoms with Crippen molar-refractivity contribution in [2.75, 3.05) is 4.90 Å². The van der Waals surface area contributed by atoms with Crippen molar-refractivity contribution in [1.29, 1.82) is 0 Å². The summed E-state index contributed by atoms with van der Waals surface area (Å²) in [7, 11) is 0. The average Bonchev–Trinajstić information content (AvgIpc) is 2.38. The van der Waals surface area contributed by atoms with E-state index in [1.54, 1.807) is 23.1 Å². The Morgan fingerprint density at radius 3 is 2.53 bits per heavy atom. The third-order valence-corrected chi connectivity index (χ3v) is 3.11. The maximum Gasteiger partial charge on any atom is 0.419 e. The molecule has 1 fully saturated rings. The molecule has 0 aromatic heterocycles. The Kier molecular flexibility index (Phi) is 2.63. The number of benzene rings is 2. The lowest BCUT2D eigenvalue weighted by molar-refractivity contribution is 0.0429. The molecule has 0 aliphatic carbocycles. The van der Waals surface area contributed by atoms with Crippen molar-refractivity contribution in [3.63, 3.8) is 0 Å². The average molecular weight is 255 g/mol. The van der Waals surface area contributed by atoms with Crippen LogP contribution in [0.4, 0.5) is 10.5 Å². The molecule has 2 aromatic carbocycles. The summed E-state index contributed by atoms with van der Waals surface area (Å²) in [6.45, 7) is 1.99.